The first kappa shape index (κ1) is 14.0. The predicted octanol–water partition coefficient (Wildman–Crippen LogP) is 1.59. The maximum atomic E-state index is 11.2. The van der Waals surface area contributed by atoms with Crippen molar-refractivity contribution < 1.29 is 4.79 Å². The molecular formula is C15H23N3O. The summed E-state index contributed by atoms with van der Waals surface area (Å²) in [5.74, 6) is 4.93. The van der Waals surface area contributed by atoms with Crippen molar-refractivity contribution in [3.8, 4) is 0 Å². The van der Waals surface area contributed by atoms with Crippen LogP contribution in [0.2, 0.25) is 0 Å². The molecule has 1 unspecified atom stereocenters. The van der Waals surface area contributed by atoms with E-state index in [9.17, 15) is 4.79 Å². The summed E-state index contributed by atoms with van der Waals surface area (Å²) in [5, 5.41) is 0. The van der Waals surface area contributed by atoms with Gasteiger partial charge >= 0.3 is 0 Å². The Kier molecular flexibility index (Phi) is 4.93. The van der Waals surface area contributed by atoms with Gasteiger partial charge in [-0.05, 0) is 37.4 Å². The van der Waals surface area contributed by atoms with Crippen LogP contribution < -0.4 is 11.3 Å². The van der Waals surface area contributed by atoms with Gasteiger partial charge in [-0.25, -0.2) is 5.84 Å². The molecule has 1 atom stereocenters. The zero-order valence-corrected chi connectivity index (χ0v) is 11.6. The fraction of sp³-hybridized carbons (Fsp3) is 0.533. The maximum absolute atomic E-state index is 11.2. The Labute approximate surface area is 114 Å². The molecule has 1 fully saturated rings. The molecule has 1 heterocycles. The second kappa shape index (κ2) is 6.68. The zero-order valence-electron chi connectivity index (χ0n) is 11.6. The molecule has 0 radical (unpaired) electrons. The Balaban J connectivity index is 1.92. The maximum Gasteiger partial charge on any atom is 0.238 e. The molecule has 1 aliphatic rings. The molecule has 1 saturated heterocycles. The largest absolute Gasteiger partial charge is 0.296 e. The molecule has 0 bridgehead atoms. The topological polar surface area (TPSA) is 58.4 Å². The highest BCUT2D eigenvalue weighted by atomic mass is 16.2. The molecule has 0 saturated carbocycles. The number of nitrogens with two attached hydrogens (primary N) is 1. The molecule has 19 heavy (non-hydrogen) atoms. The van der Waals surface area contributed by atoms with Crippen molar-refractivity contribution >= 4 is 5.91 Å². The Bertz CT molecular complexity index is 416. The number of benzene rings is 1. The van der Waals surface area contributed by atoms with E-state index < -0.39 is 0 Å². The average molecular weight is 261 g/mol. The van der Waals surface area contributed by atoms with E-state index in [2.05, 4.69) is 29.4 Å². The SMILES string of the molecule is CC1CCCCN1Cc1ccc(CC(=O)NN)cc1. The number of hydrogen-bond acceptors (Lipinski definition) is 3. The Morgan fingerprint density at radius 1 is 1.32 bits per heavy atom. The van der Waals surface area contributed by atoms with Crippen LogP contribution in [0.5, 0.6) is 0 Å². The number of hydrogen-bond donors (Lipinski definition) is 2. The number of nitrogens with zero attached hydrogens (tertiary/aromatic N) is 1. The number of carbonyl (C=O) groups excluding carboxylic acids is 1. The molecule has 104 valence electrons. The number of hydrazine groups is 1. The second-order valence-corrected chi connectivity index (χ2v) is 5.38. The fourth-order valence-electron chi connectivity index (χ4n) is 2.63. The van der Waals surface area contributed by atoms with Crippen molar-refractivity contribution in [1.82, 2.24) is 10.3 Å². The van der Waals surface area contributed by atoms with Crippen LogP contribution in [0.15, 0.2) is 24.3 Å². The number of amides is 1. The molecule has 4 nitrogen and oxygen atoms in total. The molecule has 1 aliphatic heterocycles. The lowest BCUT2D eigenvalue weighted by atomic mass is 10.0. The Morgan fingerprint density at radius 3 is 2.63 bits per heavy atom. The van der Waals surface area contributed by atoms with Gasteiger partial charge in [0.25, 0.3) is 0 Å². The van der Waals surface area contributed by atoms with Crippen LogP contribution in [0.4, 0.5) is 0 Å². The van der Waals surface area contributed by atoms with E-state index in [1.165, 1.54) is 31.4 Å². The molecule has 2 rings (SSSR count). The normalized spacial score (nSPS) is 20.2. The van der Waals surface area contributed by atoms with Gasteiger partial charge in [-0.1, -0.05) is 30.7 Å². The summed E-state index contributed by atoms with van der Waals surface area (Å²) in [4.78, 5) is 13.7. The molecular weight excluding hydrogens is 238 g/mol. The van der Waals surface area contributed by atoms with Crippen molar-refractivity contribution in [2.24, 2.45) is 5.84 Å². The van der Waals surface area contributed by atoms with Crippen LogP contribution >= 0.6 is 0 Å². The van der Waals surface area contributed by atoms with Gasteiger partial charge in [0, 0.05) is 12.6 Å². The summed E-state index contributed by atoms with van der Waals surface area (Å²) in [5.41, 5.74) is 4.46. The minimum absolute atomic E-state index is 0.155. The van der Waals surface area contributed by atoms with E-state index in [1.54, 1.807) is 0 Å². The van der Waals surface area contributed by atoms with Crippen molar-refractivity contribution in [2.45, 2.75) is 45.2 Å². The first-order valence-corrected chi connectivity index (χ1v) is 7.00. The van der Waals surface area contributed by atoms with Gasteiger partial charge in [0.2, 0.25) is 5.91 Å². The standard InChI is InChI=1S/C15H23N3O/c1-12-4-2-3-9-18(12)11-14-7-5-13(6-8-14)10-15(19)17-16/h5-8,12H,2-4,9-11,16H2,1H3,(H,17,19). The third-order valence-electron chi connectivity index (χ3n) is 3.87. The predicted molar refractivity (Wildman–Crippen MR) is 76.2 cm³/mol. The molecule has 3 N–H and O–H groups in total. The van der Waals surface area contributed by atoms with E-state index in [1.807, 2.05) is 12.1 Å². The number of carbonyl (C=O) groups is 1. The van der Waals surface area contributed by atoms with Crippen LogP contribution in [0.25, 0.3) is 0 Å². The van der Waals surface area contributed by atoms with Gasteiger partial charge < -0.3 is 0 Å². The molecule has 1 aromatic carbocycles. The number of nitrogens with one attached hydrogen (secondary N) is 1. The van der Waals surface area contributed by atoms with E-state index in [0.29, 0.717) is 12.5 Å². The average Bonchev–Trinajstić information content (AvgIpc) is 2.43. The summed E-state index contributed by atoms with van der Waals surface area (Å²) < 4.78 is 0. The van der Waals surface area contributed by atoms with Gasteiger partial charge in [-0.3, -0.25) is 15.1 Å². The van der Waals surface area contributed by atoms with Crippen LogP contribution in [0, 0.1) is 0 Å². The van der Waals surface area contributed by atoms with E-state index >= 15 is 0 Å². The second-order valence-electron chi connectivity index (χ2n) is 5.38. The van der Waals surface area contributed by atoms with Gasteiger partial charge in [0.15, 0.2) is 0 Å². The van der Waals surface area contributed by atoms with Crippen molar-refractivity contribution in [1.29, 1.82) is 0 Å². The molecule has 1 aromatic rings. The smallest absolute Gasteiger partial charge is 0.238 e. The van der Waals surface area contributed by atoms with E-state index in [0.717, 1.165) is 12.1 Å². The van der Waals surface area contributed by atoms with Crippen molar-refractivity contribution in [3.63, 3.8) is 0 Å². The molecule has 0 aliphatic carbocycles. The lowest BCUT2D eigenvalue weighted by Gasteiger charge is -2.33. The van der Waals surface area contributed by atoms with Crippen LogP contribution in [-0.2, 0) is 17.8 Å². The molecule has 4 heteroatoms. The third kappa shape index (κ3) is 4.04. The Morgan fingerprint density at radius 2 is 2.00 bits per heavy atom. The van der Waals surface area contributed by atoms with Gasteiger partial charge in [-0.2, -0.15) is 0 Å². The lowest BCUT2D eigenvalue weighted by Crippen LogP contribution is -2.36. The summed E-state index contributed by atoms with van der Waals surface area (Å²) in [7, 11) is 0. The molecule has 0 aromatic heterocycles. The zero-order chi connectivity index (χ0) is 13.7. The summed E-state index contributed by atoms with van der Waals surface area (Å²) in [6.07, 6.45) is 4.30. The van der Waals surface area contributed by atoms with Crippen LogP contribution in [-0.4, -0.2) is 23.4 Å². The lowest BCUT2D eigenvalue weighted by molar-refractivity contribution is -0.120. The minimum Gasteiger partial charge on any atom is -0.296 e. The highest BCUT2D eigenvalue weighted by molar-refractivity contribution is 5.77. The van der Waals surface area contributed by atoms with Crippen LogP contribution in [0.3, 0.4) is 0 Å². The van der Waals surface area contributed by atoms with Crippen molar-refractivity contribution in [3.05, 3.63) is 35.4 Å². The van der Waals surface area contributed by atoms with Crippen LogP contribution in [0.1, 0.15) is 37.3 Å². The highest BCUT2D eigenvalue weighted by Gasteiger charge is 2.17. The summed E-state index contributed by atoms with van der Waals surface area (Å²) in [6.45, 7) is 4.50. The summed E-state index contributed by atoms with van der Waals surface area (Å²) in [6, 6.07) is 8.93. The number of likely N-dealkylation sites (tertiary alicyclic amines) is 1. The molecule has 1 amide bonds. The monoisotopic (exact) mass is 261 g/mol. The Hall–Kier alpha value is -1.39. The van der Waals surface area contributed by atoms with E-state index in [4.69, 9.17) is 5.84 Å². The minimum atomic E-state index is -0.155. The van der Waals surface area contributed by atoms with E-state index in [-0.39, 0.29) is 5.91 Å². The number of piperidine rings is 1. The number of rotatable bonds is 4. The highest BCUT2D eigenvalue weighted by Crippen LogP contribution is 2.19. The van der Waals surface area contributed by atoms with Gasteiger partial charge in [-0.15, -0.1) is 0 Å². The first-order valence-electron chi connectivity index (χ1n) is 7.00. The summed E-state index contributed by atoms with van der Waals surface area (Å²) >= 11 is 0. The quantitative estimate of drug-likeness (QED) is 0.491. The first-order chi connectivity index (χ1) is 9.19. The van der Waals surface area contributed by atoms with Crippen molar-refractivity contribution in [2.75, 3.05) is 6.54 Å². The third-order valence-corrected chi connectivity index (χ3v) is 3.87. The van der Waals surface area contributed by atoms with Gasteiger partial charge in [0.1, 0.15) is 0 Å². The molecule has 0 spiro atoms. The fourth-order valence-corrected chi connectivity index (χ4v) is 2.63. The van der Waals surface area contributed by atoms with Gasteiger partial charge in [0.05, 0.1) is 6.42 Å².